The van der Waals surface area contributed by atoms with E-state index in [1.807, 2.05) is 0 Å². The summed E-state index contributed by atoms with van der Waals surface area (Å²) in [5, 5.41) is 0. The van der Waals surface area contributed by atoms with E-state index in [4.69, 9.17) is 11.6 Å². The molecule has 0 N–H and O–H groups in total. The monoisotopic (exact) mass is 140 g/mol. The molecule has 0 aliphatic rings. The van der Waals surface area contributed by atoms with E-state index >= 15 is 0 Å². The molecule has 0 aromatic rings. The van der Waals surface area contributed by atoms with E-state index in [-0.39, 0.29) is 6.61 Å². The fourth-order valence-electron chi connectivity index (χ4n) is 0.180. The lowest BCUT2D eigenvalue weighted by Gasteiger charge is -1.97. The minimum Gasteiger partial charge on any atom is -0.461 e. The molecule has 0 rings (SSSR count). The van der Waals surface area contributed by atoms with Crippen LogP contribution in [0.1, 0.15) is 6.92 Å². The van der Waals surface area contributed by atoms with Crippen molar-refractivity contribution in [3.8, 4) is 0 Å². The van der Waals surface area contributed by atoms with Gasteiger partial charge in [-0.1, -0.05) is 11.6 Å². The summed E-state index contributed by atoms with van der Waals surface area (Å²) < 4.78 is 15.7. The highest BCUT2D eigenvalue weighted by atomic mass is 35.5. The molecule has 0 heterocycles. The summed E-state index contributed by atoms with van der Waals surface area (Å²) in [5.74, 6) is -0.520. The van der Waals surface area contributed by atoms with Crippen molar-refractivity contribution in [2.75, 3.05) is 6.61 Å². The van der Waals surface area contributed by atoms with E-state index in [9.17, 15) is 9.18 Å². The molecule has 0 radical (unpaired) electrons. The molecule has 4 heteroatoms. The third kappa shape index (κ3) is 5.69. The van der Waals surface area contributed by atoms with Gasteiger partial charge in [-0.3, -0.25) is 4.79 Å². The number of hydrogen-bond acceptors (Lipinski definition) is 2. The zero-order valence-corrected chi connectivity index (χ0v) is 5.11. The summed E-state index contributed by atoms with van der Waals surface area (Å²) in [6.45, 7) is 0.830. The van der Waals surface area contributed by atoms with Gasteiger partial charge in [0.25, 0.3) is 0 Å². The number of carbonyl (C=O) groups excluding carboxylic acids is 1. The topological polar surface area (TPSA) is 26.3 Å². The van der Waals surface area contributed by atoms with Crippen LogP contribution in [0.15, 0.2) is 0 Å². The molecule has 1 atom stereocenters. The normalized spacial score (nSPS) is 12.9. The van der Waals surface area contributed by atoms with Crippen molar-refractivity contribution in [1.82, 2.24) is 0 Å². The molecule has 2 nitrogen and oxygen atoms in total. The standard InChI is InChI=1S/C4H6ClFO2/c1-3(7)8-2-4(5)6/h4H,2H2,1H3. The highest BCUT2D eigenvalue weighted by molar-refractivity contribution is 6.19. The van der Waals surface area contributed by atoms with Crippen LogP contribution in [0.2, 0.25) is 0 Å². The number of alkyl halides is 2. The van der Waals surface area contributed by atoms with E-state index in [0.29, 0.717) is 0 Å². The second-order valence-corrected chi connectivity index (χ2v) is 1.67. The summed E-state index contributed by atoms with van der Waals surface area (Å²) in [5.41, 5.74) is -1.58. The highest BCUT2D eigenvalue weighted by Gasteiger charge is 2.00. The maximum Gasteiger partial charge on any atom is 0.302 e. The first kappa shape index (κ1) is 7.69. The van der Waals surface area contributed by atoms with E-state index < -0.39 is 11.6 Å². The maximum atomic E-state index is 11.6. The molecular formula is C4H6ClFO2. The molecule has 0 aliphatic heterocycles. The number of halogens is 2. The van der Waals surface area contributed by atoms with Gasteiger partial charge in [0.1, 0.15) is 6.61 Å². The van der Waals surface area contributed by atoms with Crippen LogP contribution >= 0.6 is 11.6 Å². The third-order valence-electron chi connectivity index (χ3n) is 0.413. The molecular weight excluding hydrogens is 134 g/mol. The molecule has 0 aromatic carbocycles. The van der Waals surface area contributed by atoms with E-state index in [0.717, 1.165) is 0 Å². The Hall–Kier alpha value is -0.310. The van der Waals surface area contributed by atoms with Crippen LogP contribution in [0.3, 0.4) is 0 Å². The average Bonchev–Trinajstić information content (AvgIpc) is 1.61. The van der Waals surface area contributed by atoms with Gasteiger partial charge < -0.3 is 4.74 Å². The predicted molar refractivity (Wildman–Crippen MR) is 27.4 cm³/mol. The van der Waals surface area contributed by atoms with Crippen molar-refractivity contribution in [2.24, 2.45) is 0 Å². The van der Waals surface area contributed by atoms with Gasteiger partial charge in [-0.25, -0.2) is 4.39 Å². The van der Waals surface area contributed by atoms with Crippen molar-refractivity contribution in [2.45, 2.75) is 12.6 Å². The van der Waals surface area contributed by atoms with E-state index in [1.54, 1.807) is 0 Å². The van der Waals surface area contributed by atoms with Gasteiger partial charge in [0.2, 0.25) is 5.63 Å². The lowest BCUT2D eigenvalue weighted by molar-refractivity contribution is -0.141. The first-order valence-electron chi connectivity index (χ1n) is 2.04. The van der Waals surface area contributed by atoms with Crippen molar-refractivity contribution in [3.63, 3.8) is 0 Å². The van der Waals surface area contributed by atoms with Gasteiger partial charge in [-0.05, 0) is 0 Å². The van der Waals surface area contributed by atoms with Gasteiger partial charge in [0.05, 0.1) is 0 Å². The Balaban J connectivity index is 3.05. The van der Waals surface area contributed by atoms with Gasteiger partial charge in [0, 0.05) is 6.92 Å². The smallest absolute Gasteiger partial charge is 0.302 e. The molecule has 0 fully saturated rings. The van der Waals surface area contributed by atoms with E-state index in [2.05, 4.69) is 4.74 Å². The Bertz CT molecular complexity index is 84.1. The SMILES string of the molecule is CC(=O)OCC(F)Cl. The molecule has 48 valence electrons. The maximum absolute atomic E-state index is 11.6. The Kier molecular flexibility index (Phi) is 3.52. The molecule has 0 spiro atoms. The average molecular weight is 141 g/mol. The van der Waals surface area contributed by atoms with Crippen molar-refractivity contribution in [1.29, 1.82) is 0 Å². The van der Waals surface area contributed by atoms with Gasteiger partial charge in [-0.2, -0.15) is 0 Å². The third-order valence-corrected chi connectivity index (χ3v) is 0.539. The number of rotatable bonds is 2. The number of hydrogen-bond donors (Lipinski definition) is 0. The zero-order valence-electron chi connectivity index (χ0n) is 4.36. The van der Waals surface area contributed by atoms with Crippen molar-refractivity contribution >= 4 is 17.6 Å². The predicted octanol–water partition coefficient (Wildman–Crippen LogP) is 1.08. The van der Waals surface area contributed by atoms with Gasteiger partial charge in [-0.15, -0.1) is 0 Å². The lowest BCUT2D eigenvalue weighted by atomic mass is 10.7. The summed E-state index contributed by atoms with van der Waals surface area (Å²) in [7, 11) is 0. The fourth-order valence-corrected chi connectivity index (χ4v) is 0.243. The zero-order chi connectivity index (χ0) is 6.57. The van der Waals surface area contributed by atoms with Gasteiger partial charge >= 0.3 is 5.97 Å². The number of esters is 1. The molecule has 0 saturated heterocycles. The quantitative estimate of drug-likeness (QED) is 0.424. The highest BCUT2D eigenvalue weighted by Crippen LogP contribution is 1.96. The molecule has 0 amide bonds. The second kappa shape index (κ2) is 3.66. The Labute approximate surface area is 51.6 Å². The van der Waals surface area contributed by atoms with E-state index in [1.165, 1.54) is 6.92 Å². The summed E-state index contributed by atoms with van der Waals surface area (Å²) in [4.78, 5) is 9.90. The molecule has 1 unspecified atom stereocenters. The van der Waals surface area contributed by atoms with Crippen LogP contribution in [-0.2, 0) is 9.53 Å². The first-order chi connectivity index (χ1) is 3.63. The summed E-state index contributed by atoms with van der Waals surface area (Å²) in [6, 6.07) is 0. The van der Waals surface area contributed by atoms with Gasteiger partial charge in [0.15, 0.2) is 0 Å². The summed E-state index contributed by atoms with van der Waals surface area (Å²) >= 11 is 4.78. The molecule has 0 aliphatic carbocycles. The van der Waals surface area contributed by atoms with Crippen LogP contribution in [0.5, 0.6) is 0 Å². The minimum atomic E-state index is -1.58. The largest absolute Gasteiger partial charge is 0.461 e. The van der Waals surface area contributed by atoms with Crippen LogP contribution in [-0.4, -0.2) is 18.2 Å². The number of carbonyl (C=O) groups is 1. The van der Waals surface area contributed by atoms with Crippen molar-refractivity contribution in [3.05, 3.63) is 0 Å². The Morgan fingerprint density at radius 3 is 2.62 bits per heavy atom. The first-order valence-corrected chi connectivity index (χ1v) is 2.48. The fraction of sp³-hybridized carbons (Fsp3) is 0.750. The van der Waals surface area contributed by atoms with Crippen LogP contribution in [0, 0.1) is 0 Å². The molecule has 0 saturated carbocycles. The number of ether oxygens (including phenoxy) is 1. The lowest BCUT2D eigenvalue weighted by Crippen LogP contribution is -2.06. The Morgan fingerprint density at radius 2 is 2.50 bits per heavy atom. The van der Waals surface area contributed by atoms with Crippen LogP contribution in [0.25, 0.3) is 0 Å². The minimum absolute atomic E-state index is 0.364. The molecule has 8 heavy (non-hydrogen) atoms. The molecule has 0 bridgehead atoms. The summed E-state index contributed by atoms with van der Waals surface area (Å²) in [6.07, 6.45) is 0. The Morgan fingerprint density at radius 1 is 2.00 bits per heavy atom. The molecule has 0 aromatic heterocycles. The van der Waals surface area contributed by atoms with Crippen LogP contribution in [0.4, 0.5) is 4.39 Å². The van der Waals surface area contributed by atoms with Crippen LogP contribution < -0.4 is 0 Å². The second-order valence-electron chi connectivity index (χ2n) is 1.19. The van der Waals surface area contributed by atoms with Crippen molar-refractivity contribution < 1.29 is 13.9 Å².